The molecule has 6 heteroatoms. The topological polar surface area (TPSA) is 52.7 Å². The molecule has 5 nitrogen and oxygen atoms in total. The molecule has 5 rings (SSSR count). The van der Waals surface area contributed by atoms with Crippen LogP contribution < -0.4 is 10.2 Å². The second-order valence-corrected chi connectivity index (χ2v) is 9.61. The van der Waals surface area contributed by atoms with E-state index in [0.29, 0.717) is 13.0 Å². The highest BCUT2D eigenvalue weighted by Crippen LogP contribution is 2.57. The van der Waals surface area contributed by atoms with E-state index in [1.165, 1.54) is 0 Å². The third kappa shape index (κ3) is 2.66. The molecule has 2 fully saturated rings. The van der Waals surface area contributed by atoms with Crippen LogP contribution in [0, 0.1) is 19.8 Å². The lowest BCUT2D eigenvalue weighted by Crippen LogP contribution is -2.55. The lowest BCUT2D eigenvalue weighted by atomic mass is 9.78. The second kappa shape index (κ2) is 7.13. The van der Waals surface area contributed by atoms with E-state index in [-0.39, 0.29) is 17.9 Å². The molecule has 2 amide bonds. The molecule has 0 aromatic heterocycles. The molecule has 0 radical (unpaired) electrons. The maximum Gasteiger partial charge on any atom is 0.253 e. The smallest absolute Gasteiger partial charge is 0.253 e. The lowest BCUT2D eigenvalue weighted by molar-refractivity contribution is -0.136. The molecule has 3 aliphatic heterocycles. The minimum Gasteiger partial charge on any atom is -0.326 e. The highest BCUT2D eigenvalue weighted by molar-refractivity contribution is 7.99. The van der Waals surface area contributed by atoms with Crippen LogP contribution in [-0.2, 0) is 15.1 Å². The summed E-state index contributed by atoms with van der Waals surface area (Å²) in [6.07, 6.45) is 0.710. The van der Waals surface area contributed by atoms with Gasteiger partial charge in [0.15, 0.2) is 0 Å². The number of carbonyl (C=O) groups is 2. The van der Waals surface area contributed by atoms with Gasteiger partial charge in [0.1, 0.15) is 5.54 Å². The van der Waals surface area contributed by atoms with Crippen molar-refractivity contribution in [2.24, 2.45) is 5.92 Å². The number of hydrogen-bond donors (Lipinski definition) is 1. The van der Waals surface area contributed by atoms with Gasteiger partial charge in [-0.15, -0.1) is 11.8 Å². The molecule has 2 aromatic carbocycles. The first kappa shape index (κ1) is 19.6. The summed E-state index contributed by atoms with van der Waals surface area (Å²) in [6.45, 7) is 6.67. The van der Waals surface area contributed by atoms with Gasteiger partial charge < -0.3 is 10.2 Å². The zero-order chi connectivity index (χ0) is 21.0. The number of likely N-dealkylation sites (N-methyl/N-ethyl adjacent to an activating group) is 1. The Morgan fingerprint density at radius 2 is 1.93 bits per heavy atom. The number of hydrogen-bond acceptors (Lipinski definition) is 4. The molecule has 2 saturated heterocycles. The van der Waals surface area contributed by atoms with Crippen molar-refractivity contribution in [1.82, 2.24) is 4.90 Å². The Balaban J connectivity index is 1.60. The summed E-state index contributed by atoms with van der Waals surface area (Å²) in [5.41, 5.74) is 4.07. The first-order valence-corrected chi connectivity index (χ1v) is 11.8. The van der Waals surface area contributed by atoms with Crippen molar-refractivity contribution in [1.29, 1.82) is 0 Å². The summed E-state index contributed by atoms with van der Waals surface area (Å²) in [7, 11) is 0. The van der Waals surface area contributed by atoms with Crippen molar-refractivity contribution in [2.75, 3.05) is 28.4 Å². The molecule has 0 bridgehead atoms. The quantitative estimate of drug-likeness (QED) is 0.817. The molecule has 2 aromatic rings. The zero-order valence-electron chi connectivity index (χ0n) is 17.6. The summed E-state index contributed by atoms with van der Waals surface area (Å²) < 4.78 is 0. The SMILES string of the molecule is CCN1C(=O)[C@]2(c3ccccc31)[C@H](C(=O)Nc1cc(C)cc(C)c1)C[C@@H]1CSCN12. The van der Waals surface area contributed by atoms with Gasteiger partial charge in [-0.2, -0.15) is 0 Å². The fourth-order valence-corrected chi connectivity index (χ4v) is 6.98. The van der Waals surface area contributed by atoms with Gasteiger partial charge in [0.2, 0.25) is 5.91 Å². The predicted molar refractivity (Wildman–Crippen MR) is 122 cm³/mol. The Morgan fingerprint density at radius 3 is 2.67 bits per heavy atom. The fourth-order valence-electron chi connectivity index (χ4n) is 5.67. The Kier molecular flexibility index (Phi) is 4.67. The Hall–Kier alpha value is -2.31. The van der Waals surface area contributed by atoms with Crippen LogP contribution in [0.15, 0.2) is 42.5 Å². The largest absolute Gasteiger partial charge is 0.326 e. The van der Waals surface area contributed by atoms with Gasteiger partial charge >= 0.3 is 0 Å². The standard InChI is InChI=1S/C24H27N3O2S/c1-4-26-21-8-6-5-7-19(21)24(23(26)29)20(12-18-13-30-14-27(18)24)22(28)25-17-10-15(2)9-16(3)11-17/h5-11,18,20H,4,12-14H2,1-3H3,(H,25,28)/t18-,20+,24+/m1/s1. The molecule has 1 spiro atoms. The molecule has 3 heterocycles. The summed E-state index contributed by atoms with van der Waals surface area (Å²) in [5, 5.41) is 3.15. The number of fused-ring (bicyclic) bond motifs is 4. The minimum absolute atomic E-state index is 0.0526. The van der Waals surface area contributed by atoms with Gasteiger partial charge in [-0.3, -0.25) is 14.5 Å². The first-order valence-electron chi connectivity index (χ1n) is 10.6. The molecule has 0 unspecified atom stereocenters. The molecule has 3 atom stereocenters. The Bertz CT molecular complexity index is 1020. The first-order chi connectivity index (χ1) is 14.5. The number of nitrogens with one attached hydrogen (secondary N) is 1. The van der Waals surface area contributed by atoms with Crippen LogP contribution in [0.3, 0.4) is 0 Å². The predicted octanol–water partition coefficient (Wildman–Crippen LogP) is 3.90. The van der Waals surface area contributed by atoms with E-state index in [4.69, 9.17) is 0 Å². The van der Waals surface area contributed by atoms with E-state index in [1.54, 1.807) is 0 Å². The Morgan fingerprint density at radius 1 is 1.20 bits per heavy atom. The number of thioether (sulfide) groups is 1. The number of amides is 2. The minimum atomic E-state index is -0.899. The molecular formula is C24H27N3O2S. The van der Waals surface area contributed by atoms with Crippen LogP contribution in [0.5, 0.6) is 0 Å². The maximum atomic E-state index is 13.9. The average molecular weight is 422 g/mol. The zero-order valence-corrected chi connectivity index (χ0v) is 18.5. The van der Waals surface area contributed by atoms with Gasteiger partial charge in [-0.05, 0) is 56.5 Å². The van der Waals surface area contributed by atoms with Crippen LogP contribution in [0.25, 0.3) is 0 Å². The van der Waals surface area contributed by atoms with Crippen LogP contribution in [0.2, 0.25) is 0 Å². The van der Waals surface area contributed by atoms with Crippen molar-refractivity contribution in [3.05, 3.63) is 59.2 Å². The third-order valence-corrected chi connectivity index (χ3v) is 7.83. The molecule has 30 heavy (non-hydrogen) atoms. The molecule has 156 valence electrons. The van der Waals surface area contributed by atoms with Crippen LogP contribution >= 0.6 is 11.8 Å². The van der Waals surface area contributed by atoms with Crippen molar-refractivity contribution < 1.29 is 9.59 Å². The van der Waals surface area contributed by atoms with Gasteiger partial charge in [0.25, 0.3) is 5.91 Å². The summed E-state index contributed by atoms with van der Waals surface area (Å²) in [5.74, 6) is 1.35. The molecular weight excluding hydrogens is 394 g/mol. The maximum absolute atomic E-state index is 13.9. The summed E-state index contributed by atoms with van der Waals surface area (Å²) in [6, 6.07) is 14.4. The van der Waals surface area contributed by atoms with Gasteiger partial charge in [0.05, 0.1) is 5.92 Å². The normalized spacial score (nSPS) is 27.6. The molecule has 1 N–H and O–H groups in total. The highest BCUT2D eigenvalue weighted by Gasteiger charge is 2.67. The lowest BCUT2D eigenvalue weighted by Gasteiger charge is -2.36. The van der Waals surface area contributed by atoms with Crippen LogP contribution in [-0.4, -0.2) is 40.9 Å². The van der Waals surface area contributed by atoms with E-state index in [2.05, 4.69) is 16.3 Å². The van der Waals surface area contributed by atoms with Crippen molar-refractivity contribution in [3.8, 4) is 0 Å². The number of anilines is 2. The van der Waals surface area contributed by atoms with E-state index in [0.717, 1.165) is 39.7 Å². The third-order valence-electron chi connectivity index (χ3n) is 6.75. The number of nitrogens with zero attached hydrogens (tertiary/aromatic N) is 2. The Labute approximate surface area is 181 Å². The van der Waals surface area contributed by atoms with Gasteiger partial charge in [-0.25, -0.2) is 0 Å². The molecule has 3 aliphatic rings. The van der Waals surface area contributed by atoms with E-state index < -0.39 is 11.5 Å². The fraction of sp³-hybridized carbons (Fsp3) is 0.417. The number of aryl methyl sites for hydroxylation is 2. The number of benzene rings is 2. The van der Waals surface area contributed by atoms with E-state index >= 15 is 0 Å². The monoisotopic (exact) mass is 421 g/mol. The van der Waals surface area contributed by atoms with Crippen molar-refractivity contribution >= 4 is 35.0 Å². The molecule has 0 aliphatic carbocycles. The second-order valence-electron chi connectivity index (χ2n) is 8.61. The van der Waals surface area contributed by atoms with Crippen molar-refractivity contribution in [2.45, 2.75) is 38.8 Å². The summed E-state index contributed by atoms with van der Waals surface area (Å²) in [4.78, 5) is 31.8. The average Bonchev–Trinajstić information content (AvgIpc) is 3.34. The number of carbonyl (C=O) groups excluding carboxylic acids is 2. The van der Waals surface area contributed by atoms with E-state index in [1.807, 2.05) is 73.8 Å². The molecule has 0 saturated carbocycles. The van der Waals surface area contributed by atoms with Crippen molar-refractivity contribution in [3.63, 3.8) is 0 Å². The number of para-hydroxylation sites is 1. The van der Waals surface area contributed by atoms with Gasteiger partial charge in [0, 0.05) is 41.2 Å². The van der Waals surface area contributed by atoms with E-state index in [9.17, 15) is 9.59 Å². The van der Waals surface area contributed by atoms with Gasteiger partial charge in [-0.1, -0.05) is 24.3 Å². The van der Waals surface area contributed by atoms with Crippen LogP contribution in [0.1, 0.15) is 30.0 Å². The summed E-state index contributed by atoms with van der Waals surface area (Å²) >= 11 is 1.86. The number of rotatable bonds is 3. The highest BCUT2D eigenvalue weighted by atomic mass is 32.2. The van der Waals surface area contributed by atoms with Crippen LogP contribution in [0.4, 0.5) is 11.4 Å².